The van der Waals surface area contributed by atoms with Gasteiger partial charge in [-0.25, -0.2) is 0 Å². The fourth-order valence-electron chi connectivity index (χ4n) is 3.91. The van der Waals surface area contributed by atoms with Gasteiger partial charge in [-0.3, -0.25) is 4.79 Å². The number of carbonyl (C=O) groups excluding carboxylic acids is 1. The number of nitrogens with zero attached hydrogens (tertiary/aromatic N) is 2. The molecule has 0 fully saturated rings. The maximum Gasteiger partial charge on any atom is 0.246 e. The molecule has 0 bridgehead atoms. The van der Waals surface area contributed by atoms with Crippen molar-refractivity contribution in [3.63, 3.8) is 0 Å². The fourth-order valence-corrected chi connectivity index (χ4v) is 4.27. The molecule has 174 valence electrons. The van der Waals surface area contributed by atoms with Crippen molar-refractivity contribution in [2.45, 2.75) is 33.2 Å². The molecule has 3 aromatic rings. The summed E-state index contributed by atoms with van der Waals surface area (Å²) in [7, 11) is 0. The first-order chi connectivity index (χ1) is 16.0. The summed E-state index contributed by atoms with van der Waals surface area (Å²) in [5, 5.41) is 3.55. The summed E-state index contributed by atoms with van der Waals surface area (Å²) in [4.78, 5) is 17.5. The van der Waals surface area contributed by atoms with E-state index in [1.807, 2.05) is 17.0 Å². The average molecular weight is 483 g/mol. The Morgan fingerprint density at radius 3 is 2.36 bits per heavy atom. The third-order valence-electron chi connectivity index (χ3n) is 5.91. The summed E-state index contributed by atoms with van der Waals surface area (Å²) in [6, 6.07) is 19.9. The fraction of sp³-hybridized carbons (Fsp3) is 0.321. The monoisotopic (exact) mass is 482 g/mol. The van der Waals surface area contributed by atoms with Gasteiger partial charge in [0.05, 0.1) is 0 Å². The Kier molecular flexibility index (Phi) is 9.80. The first-order valence-corrected chi connectivity index (χ1v) is 12.4. The number of hydrogen-bond acceptors (Lipinski definition) is 2. The van der Waals surface area contributed by atoms with Crippen molar-refractivity contribution in [1.82, 2.24) is 9.80 Å². The lowest BCUT2D eigenvalue weighted by Crippen LogP contribution is -2.31. The summed E-state index contributed by atoms with van der Waals surface area (Å²) in [6.45, 7) is 8.82. The minimum absolute atomic E-state index is 0.0259. The van der Waals surface area contributed by atoms with Crippen molar-refractivity contribution in [1.29, 1.82) is 0 Å². The van der Waals surface area contributed by atoms with E-state index < -0.39 is 0 Å². The highest BCUT2D eigenvalue weighted by atomic mass is 35.5. The molecule has 3 aromatic carbocycles. The normalized spacial score (nSPS) is 11.5. The summed E-state index contributed by atoms with van der Waals surface area (Å²) in [6.07, 6.45) is 5.37. The van der Waals surface area contributed by atoms with Gasteiger partial charge in [-0.15, -0.1) is 0 Å². The Morgan fingerprint density at radius 1 is 0.879 bits per heavy atom. The van der Waals surface area contributed by atoms with Gasteiger partial charge in [0.25, 0.3) is 0 Å². The number of benzene rings is 3. The van der Waals surface area contributed by atoms with Crippen LogP contribution >= 0.6 is 23.2 Å². The van der Waals surface area contributed by atoms with Crippen molar-refractivity contribution >= 4 is 46.0 Å². The molecule has 3 nitrogen and oxygen atoms in total. The standard InChI is InChI=1S/C28H32Cl2N2O/c1-3-31(4-2)17-7-8-18-32(21-22-11-12-23-9-5-6-10-24(23)19-22)28(33)16-13-25-20-26(29)14-15-27(25)30/h5-6,9-16,19-20H,3-4,7-8,17-18,21H2,1-2H3. The Morgan fingerprint density at radius 2 is 1.61 bits per heavy atom. The molecule has 1 amide bonds. The lowest BCUT2D eigenvalue weighted by atomic mass is 10.1. The number of halogens is 2. The van der Waals surface area contributed by atoms with E-state index in [2.05, 4.69) is 49.1 Å². The van der Waals surface area contributed by atoms with Crippen LogP contribution in [0.25, 0.3) is 16.8 Å². The van der Waals surface area contributed by atoms with Gasteiger partial charge < -0.3 is 9.80 Å². The Hall–Kier alpha value is -2.33. The molecule has 0 atom stereocenters. The van der Waals surface area contributed by atoms with E-state index in [0.717, 1.165) is 43.6 Å². The summed E-state index contributed by atoms with van der Waals surface area (Å²) >= 11 is 12.4. The second-order valence-electron chi connectivity index (χ2n) is 8.17. The van der Waals surface area contributed by atoms with E-state index in [9.17, 15) is 4.79 Å². The minimum atomic E-state index is -0.0259. The number of rotatable bonds is 11. The van der Waals surface area contributed by atoms with Gasteiger partial charge >= 0.3 is 0 Å². The summed E-state index contributed by atoms with van der Waals surface area (Å²) < 4.78 is 0. The number of carbonyl (C=O) groups is 1. The van der Waals surface area contributed by atoms with Gasteiger partial charge in [0.15, 0.2) is 0 Å². The molecule has 33 heavy (non-hydrogen) atoms. The van der Waals surface area contributed by atoms with E-state index in [1.165, 1.54) is 10.8 Å². The topological polar surface area (TPSA) is 23.6 Å². The molecule has 0 saturated carbocycles. The molecule has 0 unspecified atom stereocenters. The summed E-state index contributed by atoms with van der Waals surface area (Å²) in [5.74, 6) is -0.0259. The van der Waals surface area contributed by atoms with Crippen LogP contribution in [0.2, 0.25) is 10.0 Å². The Balaban J connectivity index is 1.73. The van der Waals surface area contributed by atoms with Gasteiger partial charge in [-0.1, -0.05) is 73.4 Å². The van der Waals surface area contributed by atoms with Crippen LogP contribution in [-0.2, 0) is 11.3 Å². The van der Waals surface area contributed by atoms with Crippen LogP contribution in [0.5, 0.6) is 0 Å². The van der Waals surface area contributed by atoms with Gasteiger partial charge in [-0.05, 0) is 84.7 Å². The number of amides is 1. The zero-order chi connectivity index (χ0) is 23.6. The quantitative estimate of drug-likeness (QED) is 0.211. The predicted molar refractivity (Wildman–Crippen MR) is 142 cm³/mol. The van der Waals surface area contributed by atoms with Gasteiger partial charge in [0.1, 0.15) is 0 Å². The molecule has 0 saturated heterocycles. The van der Waals surface area contributed by atoms with Gasteiger partial charge in [-0.2, -0.15) is 0 Å². The van der Waals surface area contributed by atoms with Crippen molar-refractivity contribution in [3.8, 4) is 0 Å². The van der Waals surface area contributed by atoms with Gasteiger partial charge in [0, 0.05) is 29.2 Å². The van der Waals surface area contributed by atoms with Crippen LogP contribution in [0.4, 0.5) is 0 Å². The first kappa shape index (κ1) is 25.3. The lowest BCUT2D eigenvalue weighted by Gasteiger charge is -2.23. The Labute approximate surface area is 207 Å². The predicted octanol–water partition coefficient (Wildman–Crippen LogP) is 7.31. The maximum absolute atomic E-state index is 13.2. The van der Waals surface area contributed by atoms with Crippen molar-refractivity contribution < 1.29 is 4.79 Å². The van der Waals surface area contributed by atoms with Crippen LogP contribution in [0.1, 0.15) is 37.8 Å². The second-order valence-corrected chi connectivity index (χ2v) is 9.02. The van der Waals surface area contributed by atoms with E-state index in [4.69, 9.17) is 23.2 Å². The Bertz CT molecular complexity index is 1090. The molecule has 0 radical (unpaired) electrons. The molecular weight excluding hydrogens is 451 g/mol. The molecule has 0 N–H and O–H groups in total. The van der Waals surface area contributed by atoms with Crippen molar-refractivity contribution in [3.05, 3.63) is 87.9 Å². The largest absolute Gasteiger partial charge is 0.335 e. The number of hydrogen-bond donors (Lipinski definition) is 0. The van der Waals surface area contributed by atoms with E-state index in [1.54, 1.807) is 30.4 Å². The summed E-state index contributed by atoms with van der Waals surface area (Å²) in [5.41, 5.74) is 1.87. The van der Waals surface area contributed by atoms with Crippen LogP contribution in [0.15, 0.2) is 66.7 Å². The highest BCUT2D eigenvalue weighted by molar-refractivity contribution is 6.34. The maximum atomic E-state index is 13.2. The zero-order valence-electron chi connectivity index (χ0n) is 19.4. The second kappa shape index (κ2) is 12.8. The van der Waals surface area contributed by atoms with Crippen LogP contribution in [-0.4, -0.2) is 41.9 Å². The molecule has 0 aliphatic rings. The van der Waals surface area contributed by atoms with E-state index >= 15 is 0 Å². The lowest BCUT2D eigenvalue weighted by molar-refractivity contribution is -0.126. The number of fused-ring (bicyclic) bond motifs is 1. The van der Waals surface area contributed by atoms with E-state index in [0.29, 0.717) is 23.1 Å². The molecule has 0 aromatic heterocycles. The molecule has 3 rings (SSSR count). The van der Waals surface area contributed by atoms with Crippen molar-refractivity contribution in [2.75, 3.05) is 26.2 Å². The smallest absolute Gasteiger partial charge is 0.246 e. The molecule has 0 aliphatic heterocycles. The van der Waals surface area contributed by atoms with Crippen LogP contribution < -0.4 is 0 Å². The minimum Gasteiger partial charge on any atom is -0.335 e. The van der Waals surface area contributed by atoms with Gasteiger partial charge in [0.2, 0.25) is 5.91 Å². The highest BCUT2D eigenvalue weighted by Gasteiger charge is 2.12. The van der Waals surface area contributed by atoms with Crippen molar-refractivity contribution in [2.24, 2.45) is 0 Å². The third kappa shape index (κ3) is 7.60. The molecule has 0 heterocycles. The van der Waals surface area contributed by atoms with Crippen LogP contribution in [0, 0.1) is 0 Å². The molecule has 0 aliphatic carbocycles. The third-order valence-corrected chi connectivity index (χ3v) is 6.49. The van der Waals surface area contributed by atoms with E-state index in [-0.39, 0.29) is 5.91 Å². The molecular formula is C28H32Cl2N2O. The van der Waals surface area contributed by atoms with Crippen LogP contribution in [0.3, 0.4) is 0 Å². The molecule has 5 heteroatoms. The first-order valence-electron chi connectivity index (χ1n) is 11.6. The SMILES string of the molecule is CCN(CC)CCCCN(Cc1ccc2ccccc2c1)C(=O)C=Cc1cc(Cl)ccc1Cl. The molecule has 0 spiro atoms. The number of unbranched alkanes of at least 4 members (excludes halogenated alkanes) is 1. The highest BCUT2D eigenvalue weighted by Crippen LogP contribution is 2.22. The zero-order valence-corrected chi connectivity index (χ0v) is 20.9. The average Bonchev–Trinajstić information content (AvgIpc) is 2.83.